The second kappa shape index (κ2) is 10.2. The molecule has 0 heterocycles. The molecule has 2 amide bonds. The molecule has 27 heavy (non-hydrogen) atoms. The summed E-state index contributed by atoms with van der Waals surface area (Å²) in [5.74, 6) is 0.588. The molecule has 0 saturated heterocycles. The maximum absolute atomic E-state index is 12.0. The van der Waals surface area contributed by atoms with Crippen LogP contribution in [-0.4, -0.2) is 31.5 Å². The van der Waals surface area contributed by atoms with Crippen LogP contribution >= 0.6 is 0 Å². The van der Waals surface area contributed by atoms with Gasteiger partial charge in [0.1, 0.15) is 5.75 Å². The Kier molecular flexibility index (Phi) is 7.67. The number of methoxy groups -OCH3 is 1. The molecule has 0 aliphatic rings. The van der Waals surface area contributed by atoms with E-state index < -0.39 is 0 Å². The Bertz CT molecular complexity index is 742. The molecule has 0 spiro atoms. The summed E-state index contributed by atoms with van der Waals surface area (Å²) in [5, 5.41) is 8.83. The molecule has 1 atom stereocenters. The fraction of sp³-hybridized carbons (Fsp3) is 0.333. The normalized spacial score (nSPS) is 11.4. The number of benzene rings is 2. The smallest absolute Gasteiger partial charge is 0.251 e. The van der Waals surface area contributed by atoms with Gasteiger partial charge in [-0.3, -0.25) is 9.59 Å². The number of rotatable bonds is 9. The van der Waals surface area contributed by atoms with Crippen molar-refractivity contribution < 1.29 is 14.3 Å². The molecule has 2 rings (SSSR count). The fourth-order valence-corrected chi connectivity index (χ4v) is 2.34. The third-order valence-electron chi connectivity index (χ3n) is 4.24. The summed E-state index contributed by atoms with van der Waals surface area (Å²) < 4.78 is 5.11. The summed E-state index contributed by atoms with van der Waals surface area (Å²) in [6, 6.07) is 14.8. The van der Waals surface area contributed by atoms with Crippen molar-refractivity contribution in [2.75, 3.05) is 19.0 Å². The van der Waals surface area contributed by atoms with Crippen molar-refractivity contribution in [3.05, 3.63) is 59.7 Å². The van der Waals surface area contributed by atoms with E-state index in [1.165, 1.54) is 0 Å². The first-order valence-corrected chi connectivity index (χ1v) is 9.06. The van der Waals surface area contributed by atoms with Crippen molar-refractivity contribution in [3.8, 4) is 5.75 Å². The van der Waals surface area contributed by atoms with E-state index >= 15 is 0 Å². The van der Waals surface area contributed by atoms with Crippen LogP contribution in [0, 0.1) is 0 Å². The lowest BCUT2D eigenvalue weighted by atomic mass is 10.1. The summed E-state index contributed by atoms with van der Waals surface area (Å²) >= 11 is 0. The molecule has 0 fully saturated rings. The summed E-state index contributed by atoms with van der Waals surface area (Å²) in [5.41, 5.74) is 2.39. The number of hydrogen-bond acceptors (Lipinski definition) is 4. The third-order valence-corrected chi connectivity index (χ3v) is 4.24. The van der Waals surface area contributed by atoms with Crippen LogP contribution in [0.1, 0.15) is 36.2 Å². The predicted molar refractivity (Wildman–Crippen MR) is 107 cm³/mol. The Morgan fingerprint density at radius 1 is 1.04 bits per heavy atom. The molecule has 6 heteroatoms. The number of hydrogen-bond donors (Lipinski definition) is 3. The van der Waals surface area contributed by atoms with Gasteiger partial charge >= 0.3 is 0 Å². The summed E-state index contributed by atoms with van der Waals surface area (Å²) in [6.45, 7) is 4.61. The van der Waals surface area contributed by atoms with Gasteiger partial charge < -0.3 is 20.7 Å². The molecular formula is C21H27N3O3. The molecule has 3 N–H and O–H groups in total. The highest BCUT2D eigenvalue weighted by atomic mass is 16.5. The largest absolute Gasteiger partial charge is 0.497 e. The molecule has 2 aromatic rings. The zero-order valence-electron chi connectivity index (χ0n) is 16.0. The quantitative estimate of drug-likeness (QED) is 0.635. The first-order chi connectivity index (χ1) is 13.0. The number of ether oxygens (including phenoxy) is 1. The summed E-state index contributed by atoms with van der Waals surface area (Å²) in [4.78, 5) is 24.0. The zero-order valence-corrected chi connectivity index (χ0v) is 16.0. The van der Waals surface area contributed by atoms with E-state index in [9.17, 15) is 9.59 Å². The van der Waals surface area contributed by atoms with Gasteiger partial charge in [0, 0.05) is 23.8 Å². The molecule has 1 unspecified atom stereocenters. The number of amides is 2. The lowest BCUT2D eigenvalue weighted by Crippen LogP contribution is -2.31. The number of carbonyl (C=O) groups excluding carboxylic acids is 2. The highest BCUT2D eigenvalue weighted by molar-refractivity contribution is 5.94. The third kappa shape index (κ3) is 6.66. The van der Waals surface area contributed by atoms with E-state index in [1.807, 2.05) is 38.1 Å². The molecule has 6 nitrogen and oxygen atoms in total. The zero-order chi connectivity index (χ0) is 19.6. The van der Waals surface area contributed by atoms with E-state index in [4.69, 9.17) is 4.74 Å². The lowest BCUT2D eigenvalue weighted by Gasteiger charge is -2.12. The first-order valence-electron chi connectivity index (χ1n) is 9.06. The van der Waals surface area contributed by atoms with E-state index in [1.54, 1.807) is 31.4 Å². The van der Waals surface area contributed by atoms with Crippen molar-refractivity contribution in [1.29, 1.82) is 0 Å². The van der Waals surface area contributed by atoms with E-state index in [2.05, 4.69) is 16.0 Å². The van der Waals surface area contributed by atoms with Gasteiger partial charge in [0.15, 0.2) is 0 Å². The number of carbonyl (C=O) groups is 2. The van der Waals surface area contributed by atoms with Gasteiger partial charge in [-0.15, -0.1) is 0 Å². The minimum atomic E-state index is -0.107. The summed E-state index contributed by atoms with van der Waals surface area (Å²) in [7, 11) is 1.62. The Labute approximate surface area is 160 Å². The van der Waals surface area contributed by atoms with Gasteiger partial charge in [-0.2, -0.15) is 0 Å². The Balaban J connectivity index is 1.76. The second-order valence-electron chi connectivity index (χ2n) is 6.34. The van der Waals surface area contributed by atoms with E-state index in [-0.39, 0.29) is 24.4 Å². The maximum atomic E-state index is 12.0. The van der Waals surface area contributed by atoms with Crippen LogP contribution in [0.25, 0.3) is 0 Å². The van der Waals surface area contributed by atoms with Crippen LogP contribution in [-0.2, 0) is 11.3 Å². The molecule has 0 radical (unpaired) electrons. The lowest BCUT2D eigenvalue weighted by molar-refractivity contribution is -0.119. The minimum absolute atomic E-state index is 0.0897. The highest BCUT2D eigenvalue weighted by Crippen LogP contribution is 2.11. The SMILES string of the molecule is CCC(C)NC(=O)c1ccc(NCC(=O)NCc2ccc(OC)cc2)cc1. The predicted octanol–water partition coefficient (Wildman–Crippen LogP) is 2.95. The molecule has 2 aromatic carbocycles. The molecule has 0 saturated carbocycles. The highest BCUT2D eigenvalue weighted by Gasteiger charge is 2.08. The molecule has 0 aliphatic heterocycles. The number of nitrogens with one attached hydrogen (secondary N) is 3. The van der Waals surface area contributed by atoms with E-state index in [0.717, 1.165) is 23.4 Å². The maximum Gasteiger partial charge on any atom is 0.251 e. The molecule has 0 aromatic heterocycles. The van der Waals surface area contributed by atoms with Gasteiger partial charge in [0.25, 0.3) is 5.91 Å². The molecular weight excluding hydrogens is 342 g/mol. The van der Waals surface area contributed by atoms with Crippen LogP contribution in [0.5, 0.6) is 5.75 Å². The fourth-order valence-electron chi connectivity index (χ4n) is 2.34. The number of anilines is 1. The average Bonchev–Trinajstić information content (AvgIpc) is 2.71. The topological polar surface area (TPSA) is 79.5 Å². The Hall–Kier alpha value is -3.02. The van der Waals surface area contributed by atoms with Crippen molar-refractivity contribution in [2.45, 2.75) is 32.9 Å². The van der Waals surface area contributed by atoms with Crippen LogP contribution < -0.4 is 20.7 Å². The van der Waals surface area contributed by atoms with Crippen molar-refractivity contribution >= 4 is 17.5 Å². The van der Waals surface area contributed by atoms with Crippen LogP contribution in [0.4, 0.5) is 5.69 Å². The van der Waals surface area contributed by atoms with Crippen LogP contribution in [0.15, 0.2) is 48.5 Å². The first kappa shape index (κ1) is 20.3. The van der Waals surface area contributed by atoms with Crippen LogP contribution in [0.3, 0.4) is 0 Å². The Morgan fingerprint density at radius 2 is 1.70 bits per heavy atom. The average molecular weight is 369 g/mol. The van der Waals surface area contributed by atoms with Gasteiger partial charge in [-0.1, -0.05) is 19.1 Å². The molecule has 0 bridgehead atoms. The van der Waals surface area contributed by atoms with Gasteiger partial charge in [0.05, 0.1) is 13.7 Å². The summed E-state index contributed by atoms with van der Waals surface area (Å²) in [6.07, 6.45) is 0.886. The Morgan fingerprint density at radius 3 is 2.30 bits per heavy atom. The minimum Gasteiger partial charge on any atom is -0.497 e. The van der Waals surface area contributed by atoms with Gasteiger partial charge in [-0.25, -0.2) is 0 Å². The van der Waals surface area contributed by atoms with Gasteiger partial charge in [0.2, 0.25) is 5.91 Å². The molecule has 0 aliphatic carbocycles. The second-order valence-corrected chi connectivity index (χ2v) is 6.34. The van der Waals surface area contributed by atoms with Crippen LogP contribution in [0.2, 0.25) is 0 Å². The van der Waals surface area contributed by atoms with Crippen molar-refractivity contribution in [2.24, 2.45) is 0 Å². The van der Waals surface area contributed by atoms with Crippen molar-refractivity contribution in [3.63, 3.8) is 0 Å². The standard InChI is InChI=1S/C21H27N3O3/c1-4-15(2)24-21(26)17-7-9-18(10-8-17)22-14-20(25)23-13-16-5-11-19(27-3)12-6-16/h5-12,15,22H,4,13-14H2,1-3H3,(H,23,25)(H,24,26). The monoisotopic (exact) mass is 369 g/mol. The molecule has 144 valence electrons. The van der Waals surface area contributed by atoms with Gasteiger partial charge in [-0.05, 0) is 55.3 Å². The van der Waals surface area contributed by atoms with Crippen molar-refractivity contribution in [1.82, 2.24) is 10.6 Å². The van der Waals surface area contributed by atoms with E-state index in [0.29, 0.717) is 12.1 Å².